The summed E-state index contributed by atoms with van der Waals surface area (Å²) in [6, 6.07) is 14.8. The lowest BCUT2D eigenvalue weighted by Crippen LogP contribution is -2.29. The van der Waals surface area contributed by atoms with E-state index in [2.05, 4.69) is 36.7 Å². The van der Waals surface area contributed by atoms with Gasteiger partial charge in [-0.1, -0.05) is 50.2 Å². The summed E-state index contributed by atoms with van der Waals surface area (Å²) in [5.74, 6) is 0.830. The van der Waals surface area contributed by atoms with Gasteiger partial charge in [0.15, 0.2) is 0 Å². The van der Waals surface area contributed by atoms with Crippen LogP contribution in [0.15, 0.2) is 59.4 Å². The molecule has 0 spiro atoms. The lowest BCUT2D eigenvalue weighted by molar-refractivity contribution is 0.321. The Morgan fingerprint density at radius 3 is 2.60 bits per heavy atom. The molecule has 0 unspecified atom stereocenters. The van der Waals surface area contributed by atoms with E-state index in [0.29, 0.717) is 30.5 Å². The van der Waals surface area contributed by atoms with Crippen LogP contribution in [0.4, 0.5) is 10.1 Å². The number of hydrogen-bond donors (Lipinski definition) is 0. The molecule has 3 heterocycles. The SMILES string of the molecule is CC(C)(C)c1nc(-c2ncn3c2CN(Cc2cccc(F)c2)c2ccccc2-3)no1. The number of anilines is 1. The summed E-state index contributed by atoms with van der Waals surface area (Å²) in [7, 11) is 0. The minimum atomic E-state index is -0.235. The molecule has 7 heteroatoms. The molecule has 0 amide bonds. The van der Waals surface area contributed by atoms with Gasteiger partial charge in [0.05, 0.1) is 23.6 Å². The Kier molecular flexibility index (Phi) is 4.20. The predicted molar refractivity (Wildman–Crippen MR) is 112 cm³/mol. The van der Waals surface area contributed by atoms with Crippen molar-refractivity contribution in [2.24, 2.45) is 0 Å². The highest BCUT2D eigenvalue weighted by atomic mass is 19.1. The summed E-state index contributed by atoms with van der Waals surface area (Å²) >= 11 is 0. The molecule has 30 heavy (non-hydrogen) atoms. The Balaban J connectivity index is 1.57. The number of imidazole rings is 1. The number of fused-ring (bicyclic) bond motifs is 3. The van der Waals surface area contributed by atoms with Crippen LogP contribution in [0.2, 0.25) is 0 Å². The molecule has 0 bridgehead atoms. The molecular weight excluding hydrogens is 381 g/mol. The van der Waals surface area contributed by atoms with Gasteiger partial charge in [0.1, 0.15) is 17.8 Å². The fraction of sp³-hybridized carbons (Fsp3) is 0.261. The van der Waals surface area contributed by atoms with Crippen LogP contribution in [-0.2, 0) is 18.5 Å². The van der Waals surface area contributed by atoms with E-state index >= 15 is 0 Å². The molecule has 0 N–H and O–H groups in total. The van der Waals surface area contributed by atoms with Crippen molar-refractivity contribution in [1.29, 1.82) is 0 Å². The monoisotopic (exact) mass is 403 g/mol. The molecular formula is C23H22FN5O. The first-order valence-corrected chi connectivity index (χ1v) is 9.90. The van der Waals surface area contributed by atoms with Gasteiger partial charge >= 0.3 is 0 Å². The first-order chi connectivity index (χ1) is 14.4. The summed E-state index contributed by atoms with van der Waals surface area (Å²) in [6.45, 7) is 7.28. The van der Waals surface area contributed by atoms with E-state index < -0.39 is 0 Å². The highest BCUT2D eigenvalue weighted by Gasteiger charge is 2.29. The molecule has 1 aliphatic heterocycles. The van der Waals surface area contributed by atoms with E-state index in [0.717, 1.165) is 22.6 Å². The third-order valence-corrected chi connectivity index (χ3v) is 5.23. The smallest absolute Gasteiger partial charge is 0.232 e. The third-order valence-electron chi connectivity index (χ3n) is 5.23. The van der Waals surface area contributed by atoms with E-state index in [4.69, 9.17) is 4.52 Å². The standard InChI is InChI=1S/C23H22FN5O/c1-23(2,3)22-26-21(27-30-22)20-19-13-28(12-15-7-6-8-16(24)11-15)17-9-4-5-10-18(17)29(19)14-25-20/h4-11,14H,12-13H2,1-3H3. The van der Waals surface area contributed by atoms with E-state index in [1.807, 2.05) is 39.0 Å². The van der Waals surface area contributed by atoms with E-state index in [1.165, 1.54) is 6.07 Å². The lowest BCUT2D eigenvalue weighted by atomic mass is 9.97. The largest absolute Gasteiger partial charge is 0.360 e. The molecule has 0 aliphatic carbocycles. The molecule has 0 fully saturated rings. The molecule has 2 aromatic heterocycles. The Morgan fingerprint density at radius 1 is 1.07 bits per heavy atom. The minimum Gasteiger partial charge on any atom is -0.360 e. The van der Waals surface area contributed by atoms with Crippen LogP contribution < -0.4 is 4.90 Å². The van der Waals surface area contributed by atoms with Crippen molar-refractivity contribution in [2.75, 3.05) is 4.90 Å². The summed E-state index contributed by atoms with van der Waals surface area (Å²) in [6.07, 6.45) is 1.80. The second kappa shape index (κ2) is 6.79. The molecule has 2 aromatic carbocycles. The number of halogens is 1. The van der Waals surface area contributed by atoms with Crippen LogP contribution in [0.5, 0.6) is 0 Å². The first-order valence-electron chi connectivity index (χ1n) is 9.90. The molecule has 6 nitrogen and oxygen atoms in total. The highest BCUT2D eigenvalue weighted by Crippen LogP contribution is 2.36. The topological polar surface area (TPSA) is 60.0 Å². The van der Waals surface area contributed by atoms with Gasteiger partial charge in [-0.15, -0.1) is 0 Å². The summed E-state index contributed by atoms with van der Waals surface area (Å²) in [5.41, 5.74) is 4.45. The number of hydrogen-bond acceptors (Lipinski definition) is 5. The van der Waals surface area contributed by atoms with Crippen LogP contribution in [-0.4, -0.2) is 19.7 Å². The van der Waals surface area contributed by atoms with Crippen LogP contribution in [0.3, 0.4) is 0 Å². The van der Waals surface area contributed by atoms with Gasteiger partial charge in [0.2, 0.25) is 11.7 Å². The van der Waals surface area contributed by atoms with Gasteiger partial charge in [-0.25, -0.2) is 9.37 Å². The van der Waals surface area contributed by atoms with Crippen LogP contribution in [0.1, 0.15) is 37.9 Å². The quantitative estimate of drug-likeness (QED) is 0.488. The molecule has 1 aliphatic rings. The van der Waals surface area contributed by atoms with Gasteiger partial charge in [-0.3, -0.25) is 4.57 Å². The predicted octanol–water partition coefficient (Wildman–Crippen LogP) is 4.88. The number of nitrogens with zero attached hydrogens (tertiary/aromatic N) is 5. The van der Waals surface area contributed by atoms with E-state index in [1.54, 1.807) is 18.5 Å². The molecule has 0 saturated heterocycles. The van der Waals surface area contributed by atoms with Crippen molar-refractivity contribution in [2.45, 2.75) is 39.3 Å². The summed E-state index contributed by atoms with van der Waals surface area (Å²) in [5, 5.41) is 4.18. The number of benzene rings is 2. The molecule has 0 saturated carbocycles. The second-order valence-electron chi connectivity index (χ2n) is 8.56. The molecule has 5 rings (SSSR count). The summed E-state index contributed by atoms with van der Waals surface area (Å²) in [4.78, 5) is 11.4. The van der Waals surface area contributed by atoms with Crippen LogP contribution in [0.25, 0.3) is 17.2 Å². The van der Waals surface area contributed by atoms with Crippen molar-refractivity contribution >= 4 is 5.69 Å². The Bertz CT molecular complexity index is 1220. The molecule has 0 radical (unpaired) electrons. The van der Waals surface area contributed by atoms with Gasteiger partial charge < -0.3 is 9.42 Å². The molecule has 0 atom stereocenters. The minimum absolute atomic E-state index is 0.231. The van der Waals surface area contributed by atoms with Crippen molar-refractivity contribution in [3.8, 4) is 17.2 Å². The Labute approximate surface area is 174 Å². The maximum atomic E-state index is 13.7. The average molecular weight is 403 g/mol. The first kappa shape index (κ1) is 18.5. The van der Waals surface area contributed by atoms with Gasteiger partial charge in [-0.05, 0) is 29.8 Å². The maximum absolute atomic E-state index is 13.7. The zero-order valence-corrected chi connectivity index (χ0v) is 17.1. The van der Waals surface area contributed by atoms with Crippen LogP contribution in [0, 0.1) is 5.82 Å². The maximum Gasteiger partial charge on any atom is 0.232 e. The van der Waals surface area contributed by atoms with Crippen molar-refractivity contribution in [3.05, 3.63) is 77.8 Å². The van der Waals surface area contributed by atoms with Crippen molar-refractivity contribution in [1.82, 2.24) is 19.7 Å². The Morgan fingerprint density at radius 2 is 1.87 bits per heavy atom. The van der Waals surface area contributed by atoms with Crippen molar-refractivity contribution < 1.29 is 8.91 Å². The van der Waals surface area contributed by atoms with E-state index in [9.17, 15) is 4.39 Å². The number of para-hydroxylation sites is 2. The summed E-state index contributed by atoms with van der Waals surface area (Å²) < 4.78 is 21.3. The zero-order valence-electron chi connectivity index (χ0n) is 17.1. The van der Waals surface area contributed by atoms with Gasteiger partial charge in [0, 0.05) is 12.0 Å². The zero-order chi connectivity index (χ0) is 20.9. The highest BCUT2D eigenvalue weighted by molar-refractivity contribution is 5.69. The number of rotatable bonds is 3. The fourth-order valence-corrected chi connectivity index (χ4v) is 3.74. The van der Waals surface area contributed by atoms with Gasteiger partial charge in [0.25, 0.3) is 0 Å². The fourth-order valence-electron chi connectivity index (χ4n) is 3.74. The molecule has 152 valence electrons. The average Bonchev–Trinajstić information content (AvgIpc) is 3.35. The van der Waals surface area contributed by atoms with Gasteiger partial charge in [-0.2, -0.15) is 4.98 Å². The van der Waals surface area contributed by atoms with E-state index in [-0.39, 0.29) is 11.2 Å². The number of aromatic nitrogens is 4. The molecule has 4 aromatic rings. The lowest BCUT2D eigenvalue weighted by Gasteiger charge is -2.32. The Hall–Kier alpha value is -3.48. The van der Waals surface area contributed by atoms with Crippen LogP contribution >= 0.6 is 0 Å². The van der Waals surface area contributed by atoms with Crippen molar-refractivity contribution in [3.63, 3.8) is 0 Å². The third kappa shape index (κ3) is 3.16. The second-order valence-corrected chi connectivity index (χ2v) is 8.56. The normalized spacial score (nSPS) is 13.3.